The largest absolute Gasteiger partial charge is 0.349 e. The monoisotopic (exact) mass is 286 g/mol. The molecule has 0 saturated heterocycles. The highest BCUT2D eigenvalue weighted by Gasteiger charge is 2.21. The number of nitrogens with zero attached hydrogens (tertiary/aromatic N) is 4. The van der Waals surface area contributed by atoms with Crippen LogP contribution in [0.4, 0.5) is 11.6 Å². The van der Waals surface area contributed by atoms with Gasteiger partial charge in [-0.05, 0) is 23.4 Å². The van der Waals surface area contributed by atoms with Crippen molar-refractivity contribution < 1.29 is 0 Å². The molecule has 0 aromatic carbocycles. The maximum atomic E-state index is 5.50. The Labute approximate surface area is 119 Å². The summed E-state index contributed by atoms with van der Waals surface area (Å²) in [5, 5.41) is 2.16. The molecule has 0 spiro atoms. The van der Waals surface area contributed by atoms with E-state index in [1.54, 1.807) is 6.20 Å². The van der Waals surface area contributed by atoms with Gasteiger partial charge in [-0.1, -0.05) is 0 Å². The molecule has 0 amide bonds. The van der Waals surface area contributed by atoms with Gasteiger partial charge < -0.3 is 14.7 Å². The van der Waals surface area contributed by atoms with E-state index in [-0.39, 0.29) is 0 Å². The smallest absolute Gasteiger partial charge is 0.180 e. The molecule has 0 aliphatic carbocycles. The number of nitrogens with one attached hydrogen (secondary N) is 1. The van der Waals surface area contributed by atoms with Crippen molar-refractivity contribution in [2.75, 3.05) is 16.9 Å². The first-order valence-corrected chi connectivity index (χ1v) is 7.33. The molecule has 3 aromatic heterocycles. The maximum absolute atomic E-state index is 5.50. The molecule has 7 heteroatoms. The highest BCUT2D eigenvalue weighted by Crippen LogP contribution is 2.29. The molecule has 0 saturated carbocycles. The molecular weight excluding hydrogens is 272 g/mol. The third-order valence-corrected chi connectivity index (χ3v) is 4.63. The van der Waals surface area contributed by atoms with E-state index in [9.17, 15) is 0 Å². The topological polar surface area (TPSA) is 71.5 Å². The standard InChI is InChI=1S/C13H14N6S/c14-17-11-8-19-5-3-15-12(19)13(16-11)18-4-1-10-9(7-18)2-6-20-10/h2-3,5-6,8,17H,1,4,7,14H2. The molecule has 3 N–H and O–H groups in total. The summed E-state index contributed by atoms with van der Waals surface area (Å²) in [6, 6.07) is 2.19. The molecule has 1 aliphatic rings. The second kappa shape index (κ2) is 4.46. The van der Waals surface area contributed by atoms with Crippen LogP contribution in [0, 0.1) is 0 Å². The average Bonchev–Trinajstić information content (AvgIpc) is 3.13. The number of nitrogen functional groups attached to an aromatic ring is 1. The van der Waals surface area contributed by atoms with Crippen LogP contribution < -0.4 is 16.2 Å². The fourth-order valence-electron chi connectivity index (χ4n) is 2.63. The maximum Gasteiger partial charge on any atom is 0.180 e. The normalized spacial score (nSPS) is 14.6. The number of hydrogen-bond acceptors (Lipinski definition) is 6. The predicted octanol–water partition coefficient (Wildman–Crippen LogP) is 1.64. The summed E-state index contributed by atoms with van der Waals surface area (Å²) in [6.07, 6.45) is 6.58. The molecule has 4 heterocycles. The number of hydrazine groups is 1. The van der Waals surface area contributed by atoms with E-state index in [1.807, 2.05) is 28.1 Å². The van der Waals surface area contributed by atoms with Crippen LogP contribution >= 0.6 is 11.3 Å². The van der Waals surface area contributed by atoms with Gasteiger partial charge >= 0.3 is 0 Å². The number of fused-ring (bicyclic) bond motifs is 2. The first-order valence-electron chi connectivity index (χ1n) is 6.45. The molecule has 0 radical (unpaired) electrons. The van der Waals surface area contributed by atoms with Gasteiger partial charge in [0.25, 0.3) is 0 Å². The Morgan fingerprint density at radius 2 is 2.35 bits per heavy atom. The molecule has 0 fully saturated rings. The highest BCUT2D eigenvalue weighted by molar-refractivity contribution is 7.10. The molecule has 3 aromatic rings. The lowest BCUT2D eigenvalue weighted by atomic mass is 10.1. The van der Waals surface area contributed by atoms with Crippen molar-refractivity contribution in [3.63, 3.8) is 0 Å². The van der Waals surface area contributed by atoms with Crippen LogP contribution in [-0.2, 0) is 13.0 Å². The van der Waals surface area contributed by atoms with Gasteiger partial charge in [0.1, 0.15) is 0 Å². The van der Waals surface area contributed by atoms with Gasteiger partial charge in [-0.2, -0.15) is 0 Å². The first kappa shape index (κ1) is 11.7. The Morgan fingerprint density at radius 3 is 3.25 bits per heavy atom. The summed E-state index contributed by atoms with van der Waals surface area (Å²) >= 11 is 1.84. The lowest BCUT2D eigenvalue weighted by molar-refractivity contribution is 0.732. The number of thiophene rings is 1. The summed E-state index contributed by atoms with van der Waals surface area (Å²) in [7, 11) is 0. The summed E-state index contributed by atoms with van der Waals surface area (Å²) in [6.45, 7) is 1.83. The Morgan fingerprint density at radius 1 is 1.40 bits per heavy atom. The number of rotatable bonds is 2. The van der Waals surface area contributed by atoms with Crippen LogP contribution in [0.2, 0.25) is 0 Å². The molecule has 0 atom stereocenters. The molecule has 102 valence electrons. The number of aromatic nitrogens is 3. The van der Waals surface area contributed by atoms with E-state index in [1.165, 1.54) is 10.4 Å². The second-order valence-corrected chi connectivity index (χ2v) is 5.79. The van der Waals surface area contributed by atoms with Crippen LogP contribution in [0.1, 0.15) is 10.4 Å². The minimum absolute atomic E-state index is 0.640. The van der Waals surface area contributed by atoms with Crippen LogP contribution in [0.3, 0.4) is 0 Å². The van der Waals surface area contributed by atoms with Crippen LogP contribution in [-0.4, -0.2) is 20.9 Å². The minimum Gasteiger partial charge on any atom is -0.349 e. The van der Waals surface area contributed by atoms with Crippen LogP contribution in [0.15, 0.2) is 30.0 Å². The van der Waals surface area contributed by atoms with E-state index in [0.29, 0.717) is 5.82 Å². The lowest BCUT2D eigenvalue weighted by Gasteiger charge is -2.28. The SMILES string of the molecule is NNc1cn2ccnc2c(N2CCc3sccc3C2)n1. The van der Waals surface area contributed by atoms with Crippen molar-refractivity contribution in [1.29, 1.82) is 0 Å². The summed E-state index contributed by atoms with van der Waals surface area (Å²) < 4.78 is 1.95. The van der Waals surface area contributed by atoms with Crippen LogP contribution in [0.5, 0.6) is 0 Å². The van der Waals surface area contributed by atoms with Gasteiger partial charge in [0.15, 0.2) is 17.3 Å². The second-order valence-electron chi connectivity index (χ2n) is 4.79. The molecule has 0 bridgehead atoms. The van der Waals surface area contributed by atoms with E-state index >= 15 is 0 Å². The number of nitrogens with two attached hydrogens (primary N) is 1. The number of hydrogen-bond donors (Lipinski definition) is 2. The quantitative estimate of drug-likeness (QED) is 0.553. The Hall–Kier alpha value is -2.12. The Balaban J connectivity index is 1.80. The zero-order valence-corrected chi connectivity index (χ0v) is 11.6. The van der Waals surface area contributed by atoms with Gasteiger partial charge in [0.05, 0.1) is 6.20 Å². The van der Waals surface area contributed by atoms with E-state index in [4.69, 9.17) is 5.84 Å². The Kier molecular flexibility index (Phi) is 2.61. The van der Waals surface area contributed by atoms with E-state index in [2.05, 4.69) is 31.7 Å². The van der Waals surface area contributed by atoms with Crippen LogP contribution in [0.25, 0.3) is 5.65 Å². The van der Waals surface area contributed by atoms with Crippen molar-refractivity contribution in [3.8, 4) is 0 Å². The molecule has 0 unspecified atom stereocenters. The van der Waals surface area contributed by atoms with E-state index in [0.717, 1.165) is 31.0 Å². The molecular formula is C13H14N6S. The first-order chi connectivity index (χ1) is 9.85. The fourth-order valence-corrected chi connectivity index (χ4v) is 3.52. The van der Waals surface area contributed by atoms with Gasteiger partial charge in [-0.25, -0.2) is 15.8 Å². The van der Waals surface area contributed by atoms with Gasteiger partial charge in [0, 0.05) is 30.4 Å². The fraction of sp³-hybridized carbons (Fsp3) is 0.231. The number of imidazole rings is 1. The van der Waals surface area contributed by atoms with Gasteiger partial charge in [-0.15, -0.1) is 11.3 Å². The summed E-state index contributed by atoms with van der Waals surface area (Å²) in [4.78, 5) is 12.7. The third-order valence-electron chi connectivity index (χ3n) is 3.61. The summed E-state index contributed by atoms with van der Waals surface area (Å²) in [5.74, 6) is 7.02. The zero-order chi connectivity index (χ0) is 13.5. The third kappa shape index (κ3) is 1.75. The van der Waals surface area contributed by atoms with Crippen molar-refractivity contribution in [1.82, 2.24) is 14.4 Å². The molecule has 1 aliphatic heterocycles. The minimum atomic E-state index is 0.640. The number of anilines is 2. The van der Waals surface area contributed by atoms with Crippen molar-refractivity contribution >= 4 is 28.6 Å². The summed E-state index contributed by atoms with van der Waals surface area (Å²) in [5.41, 5.74) is 4.87. The van der Waals surface area contributed by atoms with Crippen molar-refractivity contribution in [2.24, 2.45) is 5.84 Å². The Bertz CT molecular complexity index is 761. The molecule has 20 heavy (non-hydrogen) atoms. The lowest BCUT2D eigenvalue weighted by Crippen LogP contribution is -2.31. The molecule has 4 rings (SSSR count). The van der Waals surface area contributed by atoms with Crippen molar-refractivity contribution in [2.45, 2.75) is 13.0 Å². The van der Waals surface area contributed by atoms with E-state index < -0.39 is 0 Å². The van der Waals surface area contributed by atoms with Gasteiger partial charge in [-0.3, -0.25) is 0 Å². The van der Waals surface area contributed by atoms with Gasteiger partial charge in [0.2, 0.25) is 0 Å². The average molecular weight is 286 g/mol. The highest BCUT2D eigenvalue weighted by atomic mass is 32.1. The van der Waals surface area contributed by atoms with Crippen molar-refractivity contribution in [3.05, 3.63) is 40.5 Å². The zero-order valence-electron chi connectivity index (χ0n) is 10.8. The molecule has 6 nitrogen and oxygen atoms in total. The predicted molar refractivity (Wildman–Crippen MR) is 79.9 cm³/mol.